The Morgan fingerprint density at radius 1 is 0.821 bits per heavy atom. The zero-order valence-corrected chi connectivity index (χ0v) is 14.9. The Labute approximate surface area is 162 Å². The van der Waals surface area contributed by atoms with E-state index in [1.54, 1.807) is 60.7 Å². The summed E-state index contributed by atoms with van der Waals surface area (Å²) in [5, 5.41) is 0. The molecule has 3 aromatic carbocycles. The number of carbonyl (C=O) groups is 2. The summed E-state index contributed by atoms with van der Waals surface area (Å²) < 4.78 is 10.5. The molecule has 0 bridgehead atoms. The van der Waals surface area contributed by atoms with Gasteiger partial charge in [-0.25, -0.2) is 9.59 Å². The van der Waals surface area contributed by atoms with Crippen molar-refractivity contribution >= 4 is 29.4 Å². The molecule has 6 nitrogen and oxygen atoms in total. The number of benzene rings is 3. The van der Waals surface area contributed by atoms with E-state index in [-0.39, 0.29) is 11.4 Å². The number of esters is 2. The maximum atomic E-state index is 12.0. The monoisotopic (exact) mass is 374 g/mol. The van der Waals surface area contributed by atoms with Gasteiger partial charge in [0.25, 0.3) is 0 Å². The van der Waals surface area contributed by atoms with Crippen LogP contribution in [0.15, 0.2) is 78.9 Å². The van der Waals surface area contributed by atoms with E-state index in [0.717, 1.165) is 5.56 Å². The number of ether oxygens (including phenoxy) is 2. The third kappa shape index (κ3) is 4.98. The quantitative estimate of drug-likeness (QED) is 0.305. The molecule has 28 heavy (non-hydrogen) atoms. The Morgan fingerprint density at radius 2 is 1.54 bits per heavy atom. The number of anilines is 2. The van der Waals surface area contributed by atoms with Gasteiger partial charge in [0.05, 0.1) is 11.3 Å². The van der Waals surface area contributed by atoms with Crippen LogP contribution in [0.1, 0.15) is 15.9 Å². The molecule has 0 fully saturated rings. The van der Waals surface area contributed by atoms with Gasteiger partial charge in [0.1, 0.15) is 5.75 Å². The molecule has 0 aliphatic heterocycles. The van der Waals surface area contributed by atoms with Gasteiger partial charge in [-0.05, 0) is 54.1 Å². The van der Waals surface area contributed by atoms with Gasteiger partial charge in [-0.15, -0.1) is 0 Å². The topological polar surface area (TPSA) is 105 Å². The highest BCUT2D eigenvalue weighted by Gasteiger charge is 2.08. The molecule has 3 rings (SSSR count). The summed E-state index contributed by atoms with van der Waals surface area (Å²) in [6.07, 6.45) is 2.86. The van der Waals surface area contributed by atoms with Crippen molar-refractivity contribution in [2.45, 2.75) is 0 Å². The highest BCUT2D eigenvalue weighted by atomic mass is 16.5. The van der Waals surface area contributed by atoms with Gasteiger partial charge in [0, 0.05) is 11.8 Å². The van der Waals surface area contributed by atoms with Gasteiger partial charge < -0.3 is 20.9 Å². The summed E-state index contributed by atoms with van der Waals surface area (Å²) in [5.74, 6) is -0.361. The van der Waals surface area contributed by atoms with Crippen molar-refractivity contribution in [3.63, 3.8) is 0 Å². The fourth-order valence-corrected chi connectivity index (χ4v) is 2.35. The minimum Gasteiger partial charge on any atom is -0.423 e. The second-order valence-corrected chi connectivity index (χ2v) is 5.88. The van der Waals surface area contributed by atoms with Crippen LogP contribution < -0.4 is 20.9 Å². The largest absolute Gasteiger partial charge is 0.423 e. The van der Waals surface area contributed by atoms with Crippen molar-refractivity contribution in [3.8, 4) is 11.5 Å². The molecule has 0 spiro atoms. The molecule has 0 amide bonds. The van der Waals surface area contributed by atoms with E-state index in [0.29, 0.717) is 17.0 Å². The molecule has 0 atom stereocenters. The summed E-state index contributed by atoms with van der Waals surface area (Å²) in [7, 11) is 0. The molecular formula is C22H18N2O4. The Bertz CT molecular complexity index is 1010. The van der Waals surface area contributed by atoms with Crippen LogP contribution in [0.3, 0.4) is 0 Å². The van der Waals surface area contributed by atoms with E-state index < -0.39 is 11.9 Å². The predicted octanol–water partition coefficient (Wildman–Crippen LogP) is 3.69. The predicted molar refractivity (Wildman–Crippen MR) is 108 cm³/mol. The zero-order valence-electron chi connectivity index (χ0n) is 14.9. The van der Waals surface area contributed by atoms with Gasteiger partial charge in [-0.1, -0.05) is 30.3 Å². The molecule has 140 valence electrons. The highest BCUT2D eigenvalue weighted by Crippen LogP contribution is 2.23. The second kappa shape index (κ2) is 8.55. The maximum Gasteiger partial charge on any atom is 0.343 e. The summed E-state index contributed by atoms with van der Waals surface area (Å²) in [5.41, 5.74) is 13.3. The first-order valence-electron chi connectivity index (χ1n) is 8.43. The lowest BCUT2D eigenvalue weighted by atomic mass is 10.2. The third-order valence-electron chi connectivity index (χ3n) is 3.76. The summed E-state index contributed by atoms with van der Waals surface area (Å²) in [6.45, 7) is 0. The highest BCUT2D eigenvalue weighted by molar-refractivity contribution is 5.91. The van der Waals surface area contributed by atoms with Crippen LogP contribution in [0, 0.1) is 0 Å². The second-order valence-electron chi connectivity index (χ2n) is 5.88. The third-order valence-corrected chi connectivity index (χ3v) is 3.76. The van der Waals surface area contributed by atoms with Crippen LogP contribution >= 0.6 is 0 Å². The van der Waals surface area contributed by atoms with Crippen molar-refractivity contribution in [2.24, 2.45) is 0 Å². The lowest BCUT2D eigenvalue weighted by Gasteiger charge is -2.06. The Balaban J connectivity index is 1.59. The molecule has 6 heteroatoms. The van der Waals surface area contributed by atoms with Gasteiger partial charge in [-0.2, -0.15) is 0 Å². The zero-order chi connectivity index (χ0) is 19.9. The smallest absolute Gasteiger partial charge is 0.343 e. The van der Waals surface area contributed by atoms with Crippen molar-refractivity contribution in [1.82, 2.24) is 0 Å². The number of carbonyl (C=O) groups excluding carboxylic acids is 2. The first kappa shape index (κ1) is 18.7. The molecule has 0 saturated heterocycles. The Kier molecular flexibility index (Phi) is 5.72. The van der Waals surface area contributed by atoms with Crippen LogP contribution in [0.25, 0.3) is 6.08 Å². The molecule has 0 aliphatic rings. The Morgan fingerprint density at radius 3 is 2.21 bits per heavy atom. The lowest BCUT2D eigenvalue weighted by Crippen LogP contribution is -2.08. The molecule has 0 saturated carbocycles. The molecule has 0 radical (unpaired) electrons. The van der Waals surface area contributed by atoms with E-state index in [2.05, 4.69) is 0 Å². The van der Waals surface area contributed by atoms with E-state index in [4.69, 9.17) is 20.9 Å². The molecule has 3 aromatic rings. The average molecular weight is 374 g/mol. The first-order valence-corrected chi connectivity index (χ1v) is 8.43. The standard InChI is InChI=1S/C22H18N2O4/c23-17-9-12-20(19(24)14-17)28-21(25)13-8-15-6-10-18(11-7-15)27-22(26)16-4-2-1-3-5-16/h1-14H,23-24H2/b13-8+. The molecule has 4 N–H and O–H groups in total. The number of nitrogens with two attached hydrogens (primary N) is 2. The van der Waals surface area contributed by atoms with E-state index in [9.17, 15) is 9.59 Å². The molecule has 0 unspecified atom stereocenters. The van der Waals surface area contributed by atoms with Gasteiger partial charge >= 0.3 is 11.9 Å². The fourth-order valence-electron chi connectivity index (χ4n) is 2.35. The molecular weight excluding hydrogens is 356 g/mol. The molecule has 0 aliphatic carbocycles. The molecule has 0 aromatic heterocycles. The Hall–Kier alpha value is -4.06. The average Bonchev–Trinajstić information content (AvgIpc) is 2.70. The van der Waals surface area contributed by atoms with Gasteiger partial charge in [0.2, 0.25) is 0 Å². The van der Waals surface area contributed by atoms with Crippen LogP contribution in [-0.4, -0.2) is 11.9 Å². The minimum atomic E-state index is -0.573. The maximum absolute atomic E-state index is 12.0. The van der Waals surface area contributed by atoms with Crippen molar-refractivity contribution in [1.29, 1.82) is 0 Å². The SMILES string of the molecule is Nc1ccc(OC(=O)/C=C/c2ccc(OC(=O)c3ccccc3)cc2)c(N)c1. The van der Waals surface area contributed by atoms with E-state index in [1.165, 1.54) is 18.2 Å². The van der Waals surface area contributed by atoms with E-state index >= 15 is 0 Å². The molecule has 0 heterocycles. The number of rotatable bonds is 5. The summed E-state index contributed by atoms with van der Waals surface area (Å²) >= 11 is 0. The van der Waals surface area contributed by atoms with Crippen molar-refractivity contribution in [2.75, 3.05) is 11.5 Å². The number of hydrogen-bond donors (Lipinski definition) is 2. The van der Waals surface area contributed by atoms with Crippen LogP contribution in [0.4, 0.5) is 11.4 Å². The fraction of sp³-hybridized carbons (Fsp3) is 0. The van der Waals surface area contributed by atoms with Gasteiger partial charge in [-0.3, -0.25) is 0 Å². The summed E-state index contributed by atoms with van der Waals surface area (Å²) in [4.78, 5) is 23.9. The lowest BCUT2D eigenvalue weighted by molar-refractivity contribution is -0.128. The minimum absolute atomic E-state index is 0.243. The van der Waals surface area contributed by atoms with Crippen LogP contribution in [0.2, 0.25) is 0 Å². The van der Waals surface area contributed by atoms with Gasteiger partial charge in [0.15, 0.2) is 5.75 Å². The summed E-state index contributed by atoms with van der Waals surface area (Å²) in [6, 6.07) is 20.1. The normalized spacial score (nSPS) is 10.6. The van der Waals surface area contributed by atoms with E-state index in [1.807, 2.05) is 6.07 Å². The van der Waals surface area contributed by atoms with Crippen LogP contribution in [0.5, 0.6) is 11.5 Å². The van der Waals surface area contributed by atoms with Crippen molar-refractivity contribution in [3.05, 3.63) is 90.0 Å². The van der Waals surface area contributed by atoms with Crippen LogP contribution in [-0.2, 0) is 4.79 Å². The van der Waals surface area contributed by atoms with Crippen molar-refractivity contribution < 1.29 is 19.1 Å². The first-order chi connectivity index (χ1) is 13.5. The number of hydrogen-bond acceptors (Lipinski definition) is 6. The number of nitrogen functional groups attached to an aromatic ring is 2.